The quantitative estimate of drug-likeness (QED) is 0.555. The Morgan fingerprint density at radius 1 is 0.944 bits per heavy atom. The molecule has 2 unspecified atom stereocenters. The van der Waals surface area contributed by atoms with Gasteiger partial charge in [-0.05, 0) is 0 Å². The number of hydrogen-bond acceptors (Lipinski definition) is 5. The van der Waals surface area contributed by atoms with Crippen LogP contribution in [0.3, 0.4) is 0 Å². The van der Waals surface area contributed by atoms with Crippen LogP contribution in [0.2, 0.25) is 0 Å². The van der Waals surface area contributed by atoms with Crippen molar-refractivity contribution in [3.05, 3.63) is 31.5 Å². The number of hydrogen-bond donors (Lipinski definition) is 0. The Kier molecular flexibility index (Phi) is 2.49. The normalized spacial score (nSPS) is 25.2. The lowest BCUT2D eigenvalue weighted by molar-refractivity contribution is 0.344. The Morgan fingerprint density at radius 3 is 1.67 bits per heavy atom. The zero-order valence-corrected chi connectivity index (χ0v) is 9.87. The Morgan fingerprint density at radius 2 is 1.33 bits per heavy atom. The first-order valence-electron chi connectivity index (χ1n) is 5.72. The number of epoxide rings is 2. The van der Waals surface area contributed by atoms with Gasteiger partial charge in [0.15, 0.2) is 0 Å². The smallest absolute Gasteiger partial charge is 0.336 e. The Balaban J connectivity index is 2.11. The average molecular weight is 255 g/mol. The summed E-state index contributed by atoms with van der Waals surface area (Å²) in [4.78, 5) is 35.8. The standard InChI is InChI=1S/C10H13N3O5/c1-11-8(14)12(2-6-4-17-6)10(16)13(9(11)15)3-7-5-18-7/h6-7H,2-5H2,1H3. The third-order valence-corrected chi connectivity index (χ3v) is 3.07. The fourth-order valence-corrected chi connectivity index (χ4v) is 1.82. The summed E-state index contributed by atoms with van der Waals surface area (Å²) in [6.45, 7) is 1.47. The molecule has 3 heterocycles. The first-order chi connectivity index (χ1) is 8.58. The third kappa shape index (κ3) is 1.93. The van der Waals surface area contributed by atoms with Gasteiger partial charge in [0.2, 0.25) is 0 Å². The molecule has 18 heavy (non-hydrogen) atoms. The van der Waals surface area contributed by atoms with Gasteiger partial charge in [-0.2, -0.15) is 0 Å². The zero-order chi connectivity index (χ0) is 12.9. The molecule has 1 aromatic rings. The molecule has 0 radical (unpaired) electrons. The van der Waals surface area contributed by atoms with Crippen molar-refractivity contribution in [1.82, 2.24) is 13.7 Å². The molecule has 2 aliphatic rings. The van der Waals surface area contributed by atoms with E-state index in [4.69, 9.17) is 9.47 Å². The summed E-state index contributed by atoms with van der Waals surface area (Å²) in [7, 11) is 1.36. The van der Waals surface area contributed by atoms with Gasteiger partial charge in [0, 0.05) is 7.05 Å². The highest BCUT2D eigenvalue weighted by Crippen LogP contribution is 2.10. The molecule has 1 aromatic heterocycles. The van der Waals surface area contributed by atoms with Crippen molar-refractivity contribution in [3.63, 3.8) is 0 Å². The van der Waals surface area contributed by atoms with E-state index in [9.17, 15) is 14.4 Å². The summed E-state index contributed by atoms with van der Waals surface area (Å²) < 4.78 is 13.0. The van der Waals surface area contributed by atoms with Crippen molar-refractivity contribution >= 4 is 0 Å². The van der Waals surface area contributed by atoms with Crippen LogP contribution in [0, 0.1) is 0 Å². The molecule has 2 saturated heterocycles. The van der Waals surface area contributed by atoms with Crippen LogP contribution in [0.5, 0.6) is 0 Å². The van der Waals surface area contributed by atoms with Crippen molar-refractivity contribution in [2.75, 3.05) is 13.2 Å². The molecule has 0 N–H and O–H groups in total. The van der Waals surface area contributed by atoms with E-state index in [1.807, 2.05) is 0 Å². The van der Waals surface area contributed by atoms with Gasteiger partial charge in [-0.1, -0.05) is 0 Å². The molecule has 2 aliphatic heterocycles. The number of ether oxygens (including phenoxy) is 2. The summed E-state index contributed by atoms with van der Waals surface area (Å²) in [5.41, 5.74) is -1.80. The Hall–Kier alpha value is -1.67. The molecule has 0 aromatic carbocycles. The van der Waals surface area contributed by atoms with E-state index in [0.717, 1.165) is 13.7 Å². The minimum absolute atomic E-state index is 0.0986. The maximum atomic E-state index is 12.1. The van der Waals surface area contributed by atoms with Crippen LogP contribution in [0.15, 0.2) is 14.4 Å². The van der Waals surface area contributed by atoms with E-state index in [-0.39, 0.29) is 25.3 Å². The van der Waals surface area contributed by atoms with Crippen LogP contribution < -0.4 is 17.1 Å². The maximum Gasteiger partial charge on any atom is 0.336 e. The minimum atomic E-state index is -0.603. The van der Waals surface area contributed by atoms with E-state index >= 15 is 0 Å². The van der Waals surface area contributed by atoms with E-state index in [0.29, 0.717) is 13.2 Å². The van der Waals surface area contributed by atoms with Crippen LogP contribution in [-0.2, 0) is 29.6 Å². The van der Waals surface area contributed by atoms with Crippen LogP contribution in [-0.4, -0.2) is 39.1 Å². The van der Waals surface area contributed by atoms with Crippen molar-refractivity contribution in [1.29, 1.82) is 0 Å². The summed E-state index contributed by atoms with van der Waals surface area (Å²) in [6, 6.07) is 0. The van der Waals surface area contributed by atoms with Crippen LogP contribution >= 0.6 is 0 Å². The first kappa shape index (κ1) is 11.4. The largest absolute Gasteiger partial charge is 0.371 e. The second kappa shape index (κ2) is 3.92. The van der Waals surface area contributed by atoms with Gasteiger partial charge in [0.05, 0.1) is 38.5 Å². The summed E-state index contributed by atoms with van der Waals surface area (Å²) in [5.74, 6) is 0. The van der Waals surface area contributed by atoms with Crippen LogP contribution in [0.1, 0.15) is 0 Å². The second-order valence-corrected chi connectivity index (χ2v) is 4.54. The SMILES string of the molecule is Cn1c(=O)n(CC2CO2)c(=O)n(CC2CO2)c1=O. The lowest BCUT2D eigenvalue weighted by Gasteiger charge is -2.09. The molecule has 0 saturated carbocycles. The van der Waals surface area contributed by atoms with Crippen molar-refractivity contribution in [2.45, 2.75) is 25.3 Å². The minimum Gasteiger partial charge on any atom is -0.371 e. The number of rotatable bonds is 4. The molecule has 3 rings (SSSR count). The molecule has 2 fully saturated rings. The fraction of sp³-hybridized carbons (Fsp3) is 0.700. The van der Waals surface area contributed by atoms with Gasteiger partial charge in [-0.15, -0.1) is 0 Å². The van der Waals surface area contributed by atoms with Gasteiger partial charge in [0.1, 0.15) is 0 Å². The molecule has 0 aliphatic carbocycles. The molecule has 0 spiro atoms. The highest BCUT2D eigenvalue weighted by Gasteiger charge is 2.28. The summed E-state index contributed by atoms with van der Waals surface area (Å²) >= 11 is 0. The topological polar surface area (TPSA) is 91.1 Å². The molecule has 8 nitrogen and oxygen atoms in total. The van der Waals surface area contributed by atoms with E-state index in [2.05, 4.69) is 0 Å². The van der Waals surface area contributed by atoms with Gasteiger partial charge in [-0.25, -0.2) is 28.1 Å². The van der Waals surface area contributed by atoms with Crippen molar-refractivity contribution in [3.8, 4) is 0 Å². The molecule has 98 valence electrons. The number of aromatic nitrogens is 3. The van der Waals surface area contributed by atoms with Gasteiger partial charge in [-0.3, -0.25) is 0 Å². The van der Waals surface area contributed by atoms with Gasteiger partial charge in [0.25, 0.3) is 0 Å². The average Bonchev–Trinajstić information content (AvgIpc) is 3.22. The summed E-state index contributed by atoms with van der Waals surface area (Å²) in [5, 5.41) is 0. The predicted molar refractivity (Wildman–Crippen MR) is 59.7 cm³/mol. The van der Waals surface area contributed by atoms with Crippen LogP contribution in [0.4, 0.5) is 0 Å². The lowest BCUT2D eigenvalue weighted by Crippen LogP contribution is -2.54. The number of nitrogens with zero attached hydrogens (tertiary/aromatic N) is 3. The zero-order valence-electron chi connectivity index (χ0n) is 9.87. The van der Waals surface area contributed by atoms with E-state index in [1.54, 1.807) is 0 Å². The monoisotopic (exact) mass is 255 g/mol. The van der Waals surface area contributed by atoms with Crippen molar-refractivity contribution < 1.29 is 9.47 Å². The van der Waals surface area contributed by atoms with Gasteiger partial charge >= 0.3 is 17.1 Å². The van der Waals surface area contributed by atoms with E-state index < -0.39 is 17.1 Å². The van der Waals surface area contributed by atoms with Crippen molar-refractivity contribution in [2.24, 2.45) is 7.05 Å². The molecular weight excluding hydrogens is 242 g/mol. The molecule has 8 heteroatoms. The Bertz CT molecular complexity index is 595. The molecule has 0 amide bonds. The maximum absolute atomic E-state index is 12.1. The predicted octanol–water partition coefficient (Wildman–Crippen LogP) is -2.49. The second-order valence-electron chi connectivity index (χ2n) is 4.54. The molecular formula is C10H13N3O5. The fourth-order valence-electron chi connectivity index (χ4n) is 1.82. The first-order valence-corrected chi connectivity index (χ1v) is 5.72. The summed E-state index contributed by atoms with van der Waals surface area (Å²) in [6.07, 6.45) is -0.197. The third-order valence-electron chi connectivity index (χ3n) is 3.07. The van der Waals surface area contributed by atoms with Crippen LogP contribution in [0.25, 0.3) is 0 Å². The van der Waals surface area contributed by atoms with E-state index in [1.165, 1.54) is 7.05 Å². The lowest BCUT2D eigenvalue weighted by atomic mass is 10.4. The Labute approximate surface area is 101 Å². The van der Waals surface area contributed by atoms with Gasteiger partial charge < -0.3 is 9.47 Å². The highest BCUT2D eigenvalue weighted by molar-refractivity contribution is 4.83. The highest BCUT2D eigenvalue weighted by atomic mass is 16.6. The molecule has 0 bridgehead atoms. The molecule has 2 atom stereocenters.